The van der Waals surface area contributed by atoms with E-state index in [0.29, 0.717) is 0 Å². The molecule has 4 heterocycles. The first-order valence-electron chi connectivity index (χ1n) is 7.84. The molecule has 0 spiro atoms. The summed E-state index contributed by atoms with van der Waals surface area (Å²) in [6.45, 7) is 5.27. The molecule has 0 atom stereocenters. The zero-order valence-electron chi connectivity index (χ0n) is 12.7. The largest absolute Gasteiger partial charge is 0.317 e. The summed E-state index contributed by atoms with van der Waals surface area (Å²) in [5.41, 5.74) is 4.08. The molecule has 1 saturated heterocycles. The summed E-state index contributed by atoms with van der Waals surface area (Å²) >= 11 is 0. The van der Waals surface area contributed by atoms with E-state index in [1.807, 2.05) is 19.3 Å². The molecule has 0 aliphatic carbocycles. The van der Waals surface area contributed by atoms with Crippen molar-refractivity contribution in [3.63, 3.8) is 0 Å². The molecule has 0 unspecified atom stereocenters. The fourth-order valence-corrected chi connectivity index (χ4v) is 3.17. The highest BCUT2D eigenvalue weighted by Gasteiger charge is 2.15. The Morgan fingerprint density at radius 2 is 2.18 bits per heavy atom. The van der Waals surface area contributed by atoms with Crippen LogP contribution in [0, 0.1) is 12.8 Å². The highest BCUT2D eigenvalue weighted by Crippen LogP contribution is 2.23. The molecule has 22 heavy (non-hydrogen) atoms. The van der Waals surface area contributed by atoms with Crippen LogP contribution in [0.25, 0.3) is 16.8 Å². The van der Waals surface area contributed by atoms with Gasteiger partial charge in [0.1, 0.15) is 0 Å². The second-order valence-corrected chi connectivity index (χ2v) is 6.02. The second kappa shape index (κ2) is 5.53. The van der Waals surface area contributed by atoms with Crippen LogP contribution in [0.4, 0.5) is 0 Å². The molecule has 6 heteroatoms. The van der Waals surface area contributed by atoms with Crippen molar-refractivity contribution in [3.05, 3.63) is 36.5 Å². The third-order valence-corrected chi connectivity index (χ3v) is 4.42. The molecule has 0 radical (unpaired) electrons. The van der Waals surface area contributed by atoms with Crippen molar-refractivity contribution in [1.82, 2.24) is 29.7 Å². The maximum Gasteiger partial charge on any atom is 0.154 e. The zero-order valence-corrected chi connectivity index (χ0v) is 12.7. The summed E-state index contributed by atoms with van der Waals surface area (Å²) in [6, 6.07) is 2.08. The van der Waals surface area contributed by atoms with Crippen LogP contribution in [0.15, 0.2) is 30.9 Å². The number of aromatic nitrogens is 5. The zero-order chi connectivity index (χ0) is 14.9. The fraction of sp³-hybridized carbons (Fsp3) is 0.438. The topological polar surface area (TPSA) is 60.0 Å². The molecule has 0 amide bonds. The second-order valence-electron chi connectivity index (χ2n) is 6.02. The molecule has 4 rings (SSSR count). The maximum atomic E-state index is 4.55. The van der Waals surface area contributed by atoms with Gasteiger partial charge in [0.15, 0.2) is 5.65 Å². The summed E-state index contributed by atoms with van der Waals surface area (Å²) < 4.78 is 3.87. The molecule has 3 aromatic heterocycles. The van der Waals surface area contributed by atoms with Crippen molar-refractivity contribution in [2.24, 2.45) is 5.92 Å². The molecular formula is C16H20N6. The summed E-state index contributed by atoms with van der Waals surface area (Å²) in [7, 11) is 0. The van der Waals surface area contributed by atoms with Gasteiger partial charge in [-0.15, -0.1) is 0 Å². The minimum absolute atomic E-state index is 0.725. The predicted molar refractivity (Wildman–Crippen MR) is 84.5 cm³/mol. The van der Waals surface area contributed by atoms with Gasteiger partial charge in [0.25, 0.3) is 0 Å². The average Bonchev–Trinajstić information content (AvgIpc) is 3.16. The predicted octanol–water partition coefficient (Wildman–Crippen LogP) is 1.90. The summed E-state index contributed by atoms with van der Waals surface area (Å²) in [4.78, 5) is 4.31. The molecule has 1 aliphatic heterocycles. The van der Waals surface area contributed by atoms with Gasteiger partial charge in [-0.25, -0.2) is 9.50 Å². The molecule has 1 aliphatic rings. The van der Waals surface area contributed by atoms with Gasteiger partial charge in [0.05, 0.1) is 11.9 Å². The Hall–Kier alpha value is -2.21. The van der Waals surface area contributed by atoms with Crippen molar-refractivity contribution < 1.29 is 0 Å². The van der Waals surface area contributed by atoms with E-state index in [1.165, 1.54) is 12.8 Å². The average molecular weight is 296 g/mol. The van der Waals surface area contributed by atoms with Crippen LogP contribution in [0.2, 0.25) is 0 Å². The van der Waals surface area contributed by atoms with Gasteiger partial charge in [0, 0.05) is 36.3 Å². The monoisotopic (exact) mass is 296 g/mol. The van der Waals surface area contributed by atoms with Crippen LogP contribution in [0.3, 0.4) is 0 Å². The lowest BCUT2D eigenvalue weighted by Crippen LogP contribution is -2.29. The fourth-order valence-electron chi connectivity index (χ4n) is 3.17. The first-order chi connectivity index (χ1) is 10.8. The lowest BCUT2D eigenvalue weighted by molar-refractivity contribution is 0.321. The van der Waals surface area contributed by atoms with Crippen LogP contribution in [0.5, 0.6) is 0 Å². The molecule has 0 aromatic carbocycles. The number of aryl methyl sites for hydroxylation is 1. The number of piperidine rings is 1. The number of imidazole rings is 1. The van der Waals surface area contributed by atoms with E-state index < -0.39 is 0 Å². The van der Waals surface area contributed by atoms with Crippen molar-refractivity contribution in [1.29, 1.82) is 0 Å². The minimum Gasteiger partial charge on any atom is -0.317 e. The molecule has 114 valence electrons. The lowest BCUT2D eigenvalue weighted by Gasteiger charge is -2.22. The first-order valence-corrected chi connectivity index (χ1v) is 7.84. The van der Waals surface area contributed by atoms with Crippen LogP contribution in [-0.2, 0) is 6.54 Å². The van der Waals surface area contributed by atoms with Gasteiger partial charge in [0.2, 0.25) is 0 Å². The number of hydrogen-bond donors (Lipinski definition) is 1. The van der Waals surface area contributed by atoms with Gasteiger partial charge in [-0.1, -0.05) is 0 Å². The molecular weight excluding hydrogens is 276 g/mol. The van der Waals surface area contributed by atoms with E-state index >= 15 is 0 Å². The van der Waals surface area contributed by atoms with Crippen molar-refractivity contribution in [3.8, 4) is 11.1 Å². The Balaban J connectivity index is 1.60. The Morgan fingerprint density at radius 3 is 3.05 bits per heavy atom. The van der Waals surface area contributed by atoms with Crippen molar-refractivity contribution in [2.45, 2.75) is 26.3 Å². The van der Waals surface area contributed by atoms with Gasteiger partial charge in [-0.2, -0.15) is 10.2 Å². The molecule has 3 aromatic rings. The van der Waals surface area contributed by atoms with E-state index in [2.05, 4.69) is 37.4 Å². The van der Waals surface area contributed by atoms with Crippen LogP contribution < -0.4 is 5.32 Å². The van der Waals surface area contributed by atoms with Crippen LogP contribution >= 0.6 is 0 Å². The standard InChI is InChI=1S/C16H20N6/c1-12-15(8-16-18-6-7-22(16)20-12)14-9-19-21(11-14)10-13-2-4-17-5-3-13/h6-9,11,13,17H,2-5,10H2,1H3. The normalized spacial score (nSPS) is 16.4. The first kappa shape index (κ1) is 13.5. The Kier molecular flexibility index (Phi) is 3.38. The van der Waals surface area contributed by atoms with E-state index in [-0.39, 0.29) is 0 Å². The Bertz CT molecular complexity index is 781. The summed E-state index contributed by atoms with van der Waals surface area (Å²) in [5.74, 6) is 0.725. The highest BCUT2D eigenvalue weighted by molar-refractivity contribution is 5.67. The Labute approximate surface area is 129 Å². The maximum absolute atomic E-state index is 4.55. The lowest BCUT2D eigenvalue weighted by atomic mass is 9.98. The van der Waals surface area contributed by atoms with Gasteiger partial charge < -0.3 is 5.32 Å². The van der Waals surface area contributed by atoms with Gasteiger partial charge in [-0.3, -0.25) is 4.68 Å². The van der Waals surface area contributed by atoms with E-state index in [0.717, 1.165) is 48.0 Å². The quantitative estimate of drug-likeness (QED) is 0.802. The number of rotatable bonds is 3. The SMILES string of the molecule is Cc1nn2ccnc2cc1-c1cnn(CC2CCNCC2)c1. The summed E-state index contributed by atoms with van der Waals surface area (Å²) in [5, 5.41) is 12.5. The molecule has 6 nitrogen and oxygen atoms in total. The molecule has 0 saturated carbocycles. The third kappa shape index (κ3) is 2.50. The molecule has 1 N–H and O–H groups in total. The van der Waals surface area contributed by atoms with Crippen molar-refractivity contribution in [2.75, 3.05) is 13.1 Å². The van der Waals surface area contributed by atoms with Crippen LogP contribution in [-0.4, -0.2) is 37.5 Å². The Morgan fingerprint density at radius 1 is 1.32 bits per heavy atom. The van der Waals surface area contributed by atoms with E-state index in [9.17, 15) is 0 Å². The van der Waals surface area contributed by atoms with Crippen molar-refractivity contribution >= 4 is 5.65 Å². The number of nitrogens with zero attached hydrogens (tertiary/aromatic N) is 5. The van der Waals surface area contributed by atoms with Crippen LogP contribution in [0.1, 0.15) is 18.5 Å². The smallest absolute Gasteiger partial charge is 0.154 e. The van der Waals surface area contributed by atoms with Gasteiger partial charge >= 0.3 is 0 Å². The van der Waals surface area contributed by atoms with Gasteiger partial charge in [-0.05, 0) is 44.8 Å². The third-order valence-electron chi connectivity index (χ3n) is 4.42. The minimum atomic E-state index is 0.725. The number of nitrogens with one attached hydrogen (secondary N) is 1. The number of hydrogen-bond acceptors (Lipinski definition) is 4. The van der Waals surface area contributed by atoms with E-state index in [1.54, 1.807) is 10.7 Å². The number of fused-ring (bicyclic) bond motifs is 1. The van der Waals surface area contributed by atoms with E-state index in [4.69, 9.17) is 0 Å². The summed E-state index contributed by atoms with van der Waals surface area (Å²) in [6.07, 6.45) is 10.2. The highest BCUT2D eigenvalue weighted by atomic mass is 15.3. The molecule has 1 fully saturated rings. The molecule has 0 bridgehead atoms.